The first-order chi connectivity index (χ1) is 15.4. The first kappa shape index (κ1) is 23.2. The fourth-order valence-corrected chi connectivity index (χ4v) is 6.57. The number of hydrogen-bond donors (Lipinski definition) is 0. The highest BCUT2D eigenvalue weighted by Crippen LogP contribution is 2.26. The molecule has 3 aliphatic heterocycles. The summed E-state index contributed by atoms with van der Waals surface area (Å²) in [6, 6.07) is 3.58. The summed E-state index contributed by atoms with van der Waals surface area (Å²) in [5.41, 5.74) is 0.169. The molecule has 0 atom stereocenters. The zero-order valence-electron chi connectivity index (χ0n) is 18.5. The Morgan fingerprint density at radius 3 is 2.03 bits per heavy atom. The monoisotopic (exact) mass is 465 g/mol. The van der Waals surface area contributed by atoms with E-state index in [0.29, 0.717) is 39.0 Å². The molecule has 3 saturated heterocycles. The van der Waals surface area contributed by atoms with Crippen molar-refractivity contribution in [2.75, 3.05) is 39.3 Å². The first-order valence-electron chi connectivity index (χ1n) is 11.8. The van der Waals surface area contributed by atoms with Crippen molar-refractivity contribution in [2.45, 2.75) is 56.3 Å². The van der Waals surface area contributed by atoms with Gasteiger partial charge in [-0.2, -0.15) is 4.31 Å². The summed E-state index contributed by atoms with van der Waals surface area (Å²) in [5, 5.41) is 0. The Labute approximate surface area is 189 Å². The number of benzene rings is 1. The summed E-state index contributed by atoms with van der Waals surface area (Å²) >= 11 is 0. The quantitative estimate of drug-likeness (QED) is 0.685. The molecule has 9 heteroatoms. The molecule has 3 fully saturated rings. The van der Waals surface area contributed by atoms with E-state index < -0.39 is 20.7 Å². The maximum Gasteiger partial charge on any atom is 0.253 e. The summed E-state index contributed by atoms with van der Waals surface area (Å²) in [4.78, 5) is 29.0. The van der Waals surface area contributed by atoms with Crippen LogP contribution in [0.3, 0.4) is 0 Å². The summed E-state index contributed by atoms with van der Waals surface area (Å²) in [6.45, 7) is 3.27. The smallest absolute Gasteiger partial charge is 0.253 e. The van der Waals surface area contributed by atoms with Crippen LogP contribution in [0.4, 0.5) is 4.39 Å². The van der Waals surface area contributed by atoms with Crippen LogP contribution in [0, 0.1) is 11.7 Å². The predicted molar refractivity (Wildman–Crippen MR) is 118 cm³/mol. The number of nitrogens with zero attached hydrogens (tertiary/aromatic N) is 3. The summed E-state index contributed by atoms with van der Waals surface area (Å²) in [5.74, 6) is -1.03. The average molecular weight is 466 g/mol. The van der Waals surface area contributed by atoms with Crippen molar-refractivity contribution in [1.82, 2.24) is 14.1 Å². The molecule has 3 heterocycles. The van der Waals surface area contributed by atoms with Crippen LogP contribution in [-0.4, -0.2) is 73.6 Å². The minimum Gasteiger partial charge on any atom is -0.342 e. The molecule has 4 rings (SSSR count). The summed E-state index contributed by atoms with van der Waals surface area (Å²) in [6.07, 6.45) is 6.94. The molecule has 0 N–H and O–H groups in total. The molecule has 0 aromatic heterocycles. The normalized spacial score (nSPS) is 21.5. The third kappa shape index (κ3) is 4.83. The Morgan fingerprint density at radius 1 is 0.812 bits per heavy atom. The third-order valence-corrected chi connectivity index (χ3v) is 8.82. The van der Waals surface area contributed by atoms with Crippen molar-refractivity contribution in [3.8, 4) is 0 Å². The number of hydrogen-bond acceptors (Lipinski definition) is 4. The van der Waals surface area contributed by atoms with Gasteiger partial charge in [-0.1, -0.05) is 6.42 Å². The third-order valence-electron chi connectivity index (χ3n) is 6.91. The number of sulfonamides is 1. The molecule has 1 aromatic rings. The predicted octanol–water partition coefficient (Wildman–Crippen LogP) is 2.87. The standard InChI is InChI=1S/C23H32FN3O4S/c24-20-8-7-19(17-21(20)32(30,31)27-13-5-2-6-14-27)23(29)26-15-9-18(10-16-26)22(28)25-11-3-1-4-12-25/h7-8,17-18H,1-6,9-16H2. The lowest BCUT2D eigenvalue weighted by atomic mass is 9.94. The Bertz CT molecular complexity index is 948. The van der Waals surface area contributed by atoms with Gasteiger partial charge in [-0.15, -0.1) is 0 Å². The van der Waals surface area contributed by atoms with E-state index in [2.05, 4.69) is 0 Å². The van der Waals surface area contributed by atoms with E-state index in [1.807, 2.05) is 4.90 Å². The summed E-state index contributed by atoms with van der Waals surface area (Å²) in [7, 11) is -3.97. The fraction of sp³-hybridized carbons (Fsp3) is 0.652. The molecule has 7 nitrogen and oxygen atoms in total. The van der Waals surface area contributed by atoms with Crippen LogP contribution < -0.4 is 0 Å². The van der Waals surface area contributed by atoms with Crippen LogP contribution in [0.5, 0.6) is 0 Å². The van der Waals surface area contributed by atoms with Crippen molar-refractivity contribution >= 4 is 21.8 Å². The Kier molecular flexibility index (Phi) is 7.14. The first-order valence-corrected chi connectivity index (χ1v) is 13.2. The van der Waals surface area contributed by atoms with Crippen LogP contribution >= 0.6 is 0 Å². The molecule has 3 aliphatic rings. The van der Waals surface area contributed by atoms with Gasteiger partial charge in [-0.25, -0.2) is 12.8 Å². The maximum atomic E-state index is 14.5. The average Bonchev–Trinajstić information content (AvgIpc) is 2.84. The van der Waals surface area contributed by atoms with Gasteiger partial charge in [0, 0.05) is 50.7 Å². The van der Waals surface area contributed by atoms with Gasteiger partial charge in [0.1, 0.15) is 10.7 Å². The van der Waals surface area contributed by atoms with E-state index in [4.69, 9.17) is 0 Å². The molecule has 1 aromatic carbocycles. The Balaban J connectivity index is 1.43. The van der Waals surface area contributed by atoms with Gasteiger partial charge in [-0.3, -0.25) is 9.59 Å². The van der Waals surface area contributed by atoms with Gasteiger partial charge < -0.3 is 9.80 Å². The molecular weight excluding hydrogens is 433 g/mol. The molecule has 0 radical (unpaired) electrons. The molecule has 32 heavy (non-hydrogen) atoms. The number of carbonyl (C=O) groups excluding carboxylic acids is 2. The summed E-state index contributed by atoms with van der Waals surface area (Å²) < 4.78 is 41.7. The Morgan fingerprint density at radius 2 is 1.41 bits per heavy atom. The van der Waals surface area contributed by atoms with Crippen LogP contribution in [0.1, 0.15) is 61.7 Å². The minimum absolute atomic E-state index is 0.0691. The fourth-order valence-electron chi connectivity index (χ4n) is 4.96. The van der Waals surface area contributed by atoms with Crippen LogP contribution in [0.15, 0.2) is 23.1 Å². The van der Waals surface area contributed by atoms with Gasteiger partial charge in [0.25, 0.3) is 5.91 Å². The van der Waals surface area contributed by atoms with Crippen molar-refractivity contribution < 1.29 is 22.4 Å². The maximum absolute atomic E-state index is 14.5. The van der Waals surface area contributed by atoms with E-state index in [0.717, 1.165) is 51.3 Å². The molecule has 2 amide bonds. The Hall–Kier alpha value is -2.00. The van der Waals surface area contributed by atoms with Crippen molar-refractivity contribution in [3.05, 3.63) is 29.6 Å². The zero-order valence-corrected chi connectivity index (χ0v) is 19.3. The SMILES string of the molecule is O=C(c1ccc(F)c(S(=O)(=O)N2CCCCC2)c1)N1CCC(C(=O)N2CCCCC2)CC1. The number of rotatable bonds is 4. The second-order valence-corrected chi connectivity index (χ2v) is 11.0. The van der Waals surface area contributed by atoms with Crippen molar-refractivity contribution in [3.63, 3.8) is 0 Å². The highest BCUT2D eigenvalue weighted by molar-refractivity contribution is 7.89. The van der Waals surface area contributed by atoms with E-state index in [1.165, 1.54) is 22.9 Å². The molecule has 176 valence electrons. The van der Waals surface area contributed by atoms with Gasteiger partial charge in [-0.05, 0) is 63.1 Å². The van der Waals surface area contributed by atoms with Gasteiger partial charge in [0.15, 0.2) is 0 Å². The van der Waals surface area contributed by atoms with Crippen molar-refractivity contribution in [2.24, 2.45) is 5.92 Å². The van der Waals surface area contributed by atoms with Gasteiger partial charge in [0.05, 0.1) is 0 Å². The largest absolute Gasteiger partial charge is 0.342 e. The molecule has 0 aliphatic carbocycles. The number of carbonyl (C=O) groups is 2. The number of halogens is 1. The molecule has 0 saturated carbocycles. The minimum atomic E-state index is -3.97. The number of amides is 2. The lowest BCUT2D eigenvalue weighted by molar-refractivity contribution is -0.137. The number of likely N-dealkylation sites (tertiary alicyclic amines) is 2. The lowest BCUT2D eigenvalue weighted by Gasteiger charge is -2.35. The molecule has 0 bridgehead atoms. The second-order valence-electron chi connectivity index (χ2n) is 9.06. The molecule has 0 spiro atoms. The van der Waals surface area contributed by atoms with Crippen molar-refractivity contribution in [1.29, 1.82) is 0 Å². The van der Waals surface area contributed by atoms with E-state index in [1.54, 1.807) is 4.90 Å². The molecule has 0 unspecified atom stereocenters. The van der Waals surface area contributed by atoms with Gasteiger partial charge >= 0.3 is 0 Å². The zero-order chi connectivity index (χ0) is 22.7. The highest BCUT2D eigenvalue weighted by atomic mass is 32.2. The van der Waals surface area contributed by atoms with Crippen LogP contribution in [0.25, 0.3) is 0 Å². The van der Waals surface area contributed by atoms with E-state index >= 15 is 0 Å². The molecular formula is C23H32FN3O4S. The van der Waals surface area contributed by atoms with Gasteiger partial charge in [0.2, 0.25) is 15.9 Å². The second kappa shape index (κ2) is 9.87. The van der Waals surface area contributed by atoms with Crippen LogP contribution in [-0.2, 0) is 14.8 Å². The lowest BCUT2D eigenvalue weighted by Crippen LogP contribution is -2.45. The number of piperidine rings is 3. The topological polar surface area (TPSA) is 78.0 Å². The van der Waals surface area contributed by atoms with Crippen LogP contribution in [0.2, 0.25) is 0 Å². The highest BCUT2D eigenvalue weighted by Gasteiger charge is 2.33. The van der Waals surface area contributed by atoms with E-state index in [-0.39, 0.29) is 23.3 Å². The van der Waals surface area contributed by atoms with E-state index in [9.17, 15) is 22.4 Å².